The lowest BCUT2D eigenvalue weighted by Crippen LogP contribution is -2.43. The molecule has 4 aromatic rings. The van der Waals surface area contributed by atoms with Gasteiger partial charge in [0.15, 0.2) is 5.82 Å². The van der Waals surface area contributed by atoms with Crippen molar-refractivity contribution in [1.29, 1.82) is 0 Å². The zero-order chi connectivity index (χ0) is 20.3. The quantitative estimate of drug-likeness (QED) is 0.464. The van der Waals surface area contributed by atoms with Crippen LogP contribution < -0.4 is 9.80 Å². The number of nitrogens with zero attached hydrogens (tertiary/aromatic N) is 4. The largest absolute Gasteiger partial charge is 0.371 e. The van der Waals surface area contributed by atoms with Gasteiger partial charge in [-0.3, -0.25) is 0 Å². The Morgan fingerprint density at radius 2 is 1.63 bits per heavy atom. The second-order valence-electron chi connectivity index (χ2n) is 7.97. The van der Waals surface area contributed by atoms with Gasteiger partial charge in [0.05, 0.1) is 5.52 Å². The van der Waals surface area contributed by atoms with Gasteiger partial charge in [-0.15, -0.1) is 0 Å². The van der Waals surface area contributed by atoms with E-state index in [1.54, 1.807) is 0 Å². The van der Waals surface area contributed by atoms with Crippen molar-refractivity contribution in [2.24, 2.45) is 0 Å². The molecular weight excluding hydrogens is 368 g/mol. The van der Waals surface area contributed by atoms with E-state index in [9.17, 15) is 0 Å². The van der Waals surface area contributed by atoms with E-state index in [-0.39, 0.29) is 0 Å². The first kappa shape index (κ1) is 18.6. The van der Waals surface area contributed by atoms with E-state index in [1.165, 1.54) is 11.4 Å². The number of piperidine rings is 1. The van der Waals surface area contributed by atoms with Gasteiger partial charge in [-0.1, -0.05) is 48.5 Å². The third-order valence-corrected chi connectivity index (χ3v) is 6.13. The molecule has 1 aliphatic heterocycles. The van der Waals surface area contributed by atoms with Crippen molar-refractivity contribution >= 4 is 22.3 Å². The van der Waals surface area contributed by atoms with Crippen LogP contribution in [0.3, 0.4) is 0 Å². The highest BCUT2D eigenvalue weighted by Gasteiger charge is 2.23. The number of para-hydroxylation sites is 2. The molecular formula is C26H26N4. The Morgan fingerprint density at radius 3 is 2.47 bits per heavy atom. The summed E-state index contributed by atoms with van der Waals surface area (Å²) in [5, 5.41) is 1.07. The number of anilines is 2. The van der Waals surface area contributed by atoms with E-state index in [2.05, 4.69) is 76.4 Å². The number of hydrogen-bond donors (Lipinski definition) is 0. The van der Waals surface area contributed by atoms with E-state index in [4.69, 9.17) is 4.98 Å². The van der Waals surface area contributed by atoms with Crippen LogP contribution in [0.5, 0.6) is 0 Å². The van der Waals surface area contributed by atoms with Gasteiger partial charge in [-0.2, -0.15) is 0 Å². The maximum atomic E-state index is 4.76. The summed E-state index contributed by atoms with van der Waals surface area (Å²) in [5.74, 6) is 0.786. The van der Waals surface area contributed by atoms with E-state index >= 15 is 0 Å². The fourth-order valence-electron chi connectivity index (χ4n) is 4.34. The number of benzene rings is 3. The van der Waals surface area contributed by atoms with E-state index in [0.717, 1.165) is 48.2 Å². The van der Waals surface area contributed by atoms with Gasteiger partial charge in [-0.05, 0) is 43.2 Å². The fraction of sp³-hybridized carbons (Fsp3) is 0.231. The van der Waals surface area contributed by atoms with Gasteiger partial charge in [-0.25, -0.2) is 9.97 Å². The molecule has 30 heavy (non-hydrogen) atoms. The van der Waals surface area contributed by atoms with Crippen molar-refractivity contribution in [1.82, 2.24) is 9.97 Å². The van der Waals surface area contributed by atoms with Crippen LogP contribution in [0.4, 0.5) is 11.4 Å². The van der Waals surface area contributed by atoms with Crippen LogP contribution in [-0.4, -0.2) is 36.1 Å². The molecule has 1 aromatic heterocycles. The molecule has 3 aromatic carbocycles. The first-order valence-corrected chi connectivity index (χ1v) is 10.6. The zero-order valence-electron chi connectivity index (χ0n) is 17.3. The SMILES string of the molecule is CN(c1ccccc1)C1CCN(c2cccc(-c3ncc4ccccc4n3)c2)CC1. The molecule has 5 rings (SSSR count). The monoisotopic (exact) mass is 394 g/mol. The maximum Gasteiger partial charge on any atom is 0.159 e. The maximum absolute atomic E-state index is 4.76. The molecule has 0 atom stereocenters. The number of hydrogen-bond acceptors (Lipinski definition) is 4. The Kier molecular flexibility index (Phi) is 5.06. The predicted molar refractivity (Wildman–Crippen MR) is 125 cm³/mol. The minimum atomic E-state index is 0.579. The normalized spacial score (nSPS) is 14.8. The number of fused-ring (bicyclic) bond motifs is 1. The second-order valence-corrected chi connectivity index (χ2v) is 7.97. The first-order chi connectivity index (χ1) is 14.8. The lowest BCUT2D eigenvalue weighted by Gasteiger charge is -2.39. The lowest BCUT2D eigenvalue weighted by atomic mass is 10.0. The molecule has 4 heteroatoms. The summed E-state index contributed by atoms with van der Waals surface area (Å²) in [7, 11) is 2.22. The third-order valence-electron chi connectivity index (χ3n) is 6.13. The van der Waals surface area contributed by atoms with Crippen molar-refractivity contribution in [3.63, 3.8) is 0 Å². The summed E-state index contributed by atoms with van der Waals surface area (Å²) >= 11 is 0. The summed E-state index contributed by atoms with van der Waals surface area (Å²) in [4.78, 5) is 14.3. The minimum absolute atomic E-state index is 0.579. The van der Waals surface area contributed by atoms with Crippen LogP contribution in [-0.2, 0) is 0 Å². The molecule has 0 bridgehead atoms. The minimum Gasteiger partial charge on any atom is -0.371 e. The molecule has 0 N–H and O–H groups in total. The third kappa shape index (κ3) is 3.73. The molecule has 2 heterocycles. The summed E-state index contributed by atoms with van der Waals surface area (Å²) in [6.07, 6.45) is 4.22. The van der Waals surface area contributed by atoms with E-state index < -0.39 is 0 Å². The van der Waals surface area contributed by atoms with Gasteiger partial charge >= 0.3 is 0 Å². The number of rotatable bonds is 4. The molecule has 0 radical (unpaired) electrons. The van der Waals surface area contributed by atoms with Gasteiger partial charge in [0.1, 0.15) is 0 Å². The average Bonchev–Trinajstić information content (AvgIpc) is 2.84. The lowest BCUT2D eigenvalue weighted by molar-refractivity contribution is 0.482. The molecule has 0 spiro atoms. The van der Waals surface area contributed by atoms with Crippen LogP contribution >= 0.6 is 0 Å². The van der Waals surface area contributed by atoms with Crippen molar-refractivity contribution in [3.05, 3.63) is 85.1 Å². The molecule has 0 unspecified atom stereocenters. The topological polar surface area (TPSA) is 32.3 Å². The summed E-state index contributed by atoms with van der Waals surface area (Å²) < 4.78 is 0. The highest BCUT2D eigenvalue weighted by Crippen LogP contribution is 2.28. The van der Waals surface area contributed by atoms with Crippen molar-refractivity contribution < 1.29 is 0 Å². The van der Waals surface area contributed by atoms with Crippen LogP contribution in [0.25, 0.3) is 22.3 Å². The van der Waals surface area contributed by atoms with E-state index in [1.807, 2.05) is 30.5 Å². The van der Waals surface area contributed by atoms with Crippen LogP contribution in [0.2, 0.25) is 0 Å². The predicted octanol–water partition coefficient (Wildman–Crippen LogP) is 5.40. The van der Waals surface area contributed by atoms with Crippen molar-refractivity contribution in [2.45, 2.75) is 18.9 Å². The van der Waals surface area contributed by atoms with E-state index in [0.29, 0.717) is 6.04 Å². The van der Waals surface area contributed by atoms with Crippen LogP contribution in [0.15, 0.2) is 85.1 Å². The molecule has 1 fully saturated rings. The van der Waals surface area contributed by atoms with Gasteiger partial charge in [0.2, 0.25) is 0 Å². The molecule has 0 amide bonds. The molecule has 1 aliphatic rings. The highest BCUT2D eigenvalue weighted by molar-refractivity contribution is 5.79. The Bertz CT molecular complexity index is 1130. The average molecular weight is 395 g/mol. The van der Waals surface area contributed by atoms with Crippen LogP contribution in [0, 0.1) is 0 Å². The van der Waals surface area contributed by atoms with Gasteiger partial charge in [0, 0.05) is 54.7 Å². The Hall–Kier alpha value is -3.40. The molecule has 1 saturated heterocycles. The molecule has 150 valence electrons. The highest BCUT2D eigenvalue weighted by atomic mass is 15.2. The number of aromatic nitrogens is 2. The standard InChI is InChI=1S/C26H26N4/c1-29(22-10-3-2-4-11-22)23-14-16-30(17-15-23)24-12-7-9-20(18-24)26-27-19-21-8-5-6-13-25(21)28-26/h2-13,18-19,23H,14-17H2,1H3. The van der Waals surface area contributed by atoms with Crippen molar-refractivity contribution in [3.8, 4) is 11.4 Å². The Balaban J connectivity index is 1.31. The summed E-state index contributed by atoms with van der Waals surface area (Å²) in [5.41, 5.74) is 4.61. The fourth-order valence-corrected chi connectivity index (χ4v) is 4.34. The van der Waals surface area contributed by atoms with Gasteiger partial charge in [0.25, 0.3) is 0 Å². The summed E-state index contributed by atoms with van der Waals surface area (Å²) in [6.45, 7) is 2.12. The second kappa shape index (κ2) is 8.15. The Morgan fingerprint density at radius 1 is 0.867 bits per heavy atom. The smallest absolute Gasteiger partial charge is 0.159 e. The van der Waals surface area contributed by atoms with Crippen molar-refractivity contribution in [2.75, 3.05) is 29.9 Å². The van der Waals surface area contributed by atoms with Crippen LogP contribution in [0.1, 0.15) is 12.8 Å². The first-order valence-electron chi connectivity index (χ1n) is 10.6. The molecule has 0 saturated carbocycles. The Labute approximate surface area is 177 Å². The summed E-state index contributed by atoms with van der Waals surface area (Å²) in [6, 6.07) is 28.0. The molecule has 0 aliphatic carbocycles. The van der Waals surface area contributed by atoms with Gasteiger partial charge < -0.3 is 9.80 Å². The zero-order valence-corrected chi connectivity index (χ0v) is 17.3. The molecule has 4 nitrogen and oxygen atoms in total.